The summed E-state index contributed by atoms with van der Waals surface area (Å²) in [5.74, 6) is 2.62. The minimum Gasteiger partial charge on any atom is -0.385 e. The van der Waals surface area contributed by atoms with Gasteiger partial charge in [-0.2, -0.15) is 0 Å². The number of hydrogen-bond acceptors (Lipinski definition) is 2. The molecule has 0 aromatic heterocycles. The molecule has 0 bridgehead atoms. The summed E-state index contributed by atoms with van der Waals surface area (Å²) in [6.45, 7) is 9.07. The van der Waals surface area contributed by atoms with Crippen molar-refractivity contribution < 1.29 is 4.74 Å². The van der Waals surface area contributed by atoms with Crippen LogP contribution in [0.5, 0.6) is 0 Å². The molecule has 0 aromatic rings. The standard InChI is InChI=1S/C17H35NO/c1-5-12-18-17(14(3)11-13-19-4)16-9-7-15(6-2)8-10-16/h14-18H,5-13H2,1-4H3. The zero-order valence-electron chi connectivity index (χ0n) is 13.6. The second-order valence-corrected chi connectivity index (χ2v) is 6.43. The predicted molar refractivity (Wildman–Crippen MR) is 83.5 cm³/mol. The molecule has 0 saturated heterocycles. The molecule has 1 N–H and O–H groups in total. The first-order valence-corrected chi connectivity index (χ1v) is 8.45. The third-order valence-electron chi connectivity index (χ3n) is 5.00. The second kappa shape index (κ2) is 9.77. The topological polar surface area (TPSA) is 21.3 Å². The minimum absolute atomic E-state index is 0.702. The Kier molecular flexibility index (Phi) is 8.72. The first kappa shape index (κ1) is 17.0. The van der Waals surface area contributed by atoms with Crippen LogP contribution in [0.25, 0.3) is 0 Å². The number of rotatable bonds is 9. The van der Waals surface area contributed by atoms with Crippen LogP contribution in [-0.4, -0.2) is 26.3 Å². The molecule has 2 unspecified atom stereocenters. The quantitative estimate of drug-likeness (QED) is 0.676. The van der Waals surface area contributed by atoms with Crippen LogP contribution in [0.15, 0.2) is 0 Å². The van der Waals surface area contributed by atoms with Crippen LogP contribution in [0.3, 0.4) is 0 Å². The maximum atomic E-state index is 5.26. The van der Waals surface area contributed by atoms with E-state index in [0.717, 1.165) is 30.9 Å². The molecule has 1 fully saturated rings. The van der Waals surface area contributed by atoms with Gasteiger partial charge in [-0.15, -0.1) is 0 Å². The van der Waals surface area contributed by atoms with Gasteiger partial charge in [0.25, 0.3) is 0 Å². The molecule has 0 radical (unpaired) electrons. The summed E-state index contributed by atoms with van der Waals surface area (Å²) in [7, 11) is 1.81. The van der Waals surface area contributed by atoms with Gasteiger partial charge in [0.1, 0.15) is 0 Å². The Morgan fingerprint density at radius 2 is 1.84 bits per heavy atom. The molecule has 0 amide bonds. The molecule has 1 aliphatic carbocycles. The molecule has 0 heterocycles. The Balaban J connectivity index is 2.48. The Morgan fingerprint density at radius 1 is 1.16 bits per heavy atom. The lowest BCUT2D eigenvalue weighted by molar-refractivity contribution is 0.138. The van der Waals surface area contributed by atoms with Gasteiger partial charge in [0.05, 0.1) is 0 Å². The number of ether oxygens (including phenoxy) is 1. The zero-order valence-corrected chi connectivity index (χ0v) is 13.6. The Bertz CT molecular complexity index is 211. The normalized spacial score (nSPS) is 27.2. The molecule has 2 nitrogen and oxygen atoms in total. The van der Waals surface area contributed by atoms with Crippen molar-refractivity contribution in [2.75, 3.05) is 20.3 Å². The van der Waals surface area contributed by atoms with E-state index in [4.69, 9.17) is 4.74 Å². The van der Waals surface area contributed by atoms with Crippen LogP contribution in [0, 0.1) is 17.8 Å². The van der Waals surface area contributed by atoms with E-state index in [1.54, 1.807) is 0 Å². The molecular formula is C17H35NO. The predicted octanol–water partition coefficient (Wildman–Crippen LogP) is 4.24. The van der Waals surface area contributed by atoms with Gasteiger partial charge in [0.15, 0.2) is 0 Å². The highest BCUT2D eigenvalue weighted by Gasteiger charge is 2.29. The van der Waals surface area contributed by atoms with Gasteiger partial charge in [0.2, 0.25) is 0 Å². The monoisotopic (exact) mass is 269 g/mol. The van der Waals surface area contributed by atoms with Crippen LogP contribution in [0.4, 0.5) is 0 Å². The third-order valence-corrected chi connectivity index (χ3v) is 5.00. The number of hydrogen-bond donors (Lipinski definition) is 1. The first-order chi connectivity index (χ1) is 9.22. The van der Waals surface area contributed by atoms with Crippen LogP contribution >= 0.6 is 0 Å². The Hall–Kier alpha value is -0.0800. The lowest BCUT2D eigenvalue weighted by atomic mass is 9.74. The zero-order chi connectivity index (χ0) is 14.1. The minimum atomic E-state index is 0.702. The van der Waals surface area contributed by atoms with Crippen LogP contribution in [0.2, 0.25) is 0 Å². The van der Waals surface area contributed by atoms with Crippen LogP contribution in [0.1, 0.15) is 65.7 Å². The van der Waals surface area contributed by atoms with Gasteiger partial charge < -0.3 is 10.1 Å². The molecular weight excluding hydrogens is 234 g/mol. The van der Waals surface area contributed by atoms with E-state index in [1.807, 2.05) is 7.11 Å². The molecule has 1 aliphatic rings. The van der Waals surface area contributed by atoms with E-state index in [9.17, 15) is 0 Å². The fourth-order valence-electron chi connectivity index (χ4n) is 3.58. The van der Waals surface area contributed by atoms with Gasteiger partial charge in [-0.25, -0.2) is 0 Å². The van der Waals surface area contributed by atoms with Crippen molar-refractivity contribution in [2.45, 2.75) is 71.8 Å². The summed E-state index contributed by atoms with van der Waals surface area (Å²) in [5.41, 5.74) is 0. The third kappa shape index (κ3) is 5.83. The molecule has 2 atom stereocenters. The van der Waals surface area contributed by atoms with Gasteiger partial charge in [-0.1, -0.05) is 40.0 Å². The summed E-state index contributed by atoms with van der Waals surface area (Å²) in [6, 6.07) is 0.702. The molecule has 2 heteroatoms. The van der Waals surface area contributed by atoms with E-state index in [0.29, 0.717) is 6.04 Å². The van der Waals surface area contributed by atoms with E-state index in [-0.39, 0.29) is 0 Å². The first-order valence-electron chi connectivity index (χ1n) is 8.45. The molecule has 0 aliphatic heterocycles. The average Bonchev–Trinajstić information content (AvgIpc) is 2.46. The van der Waals surface area contributed by atoms with Crippen molar-refractivity contribution in [1.82, 2.24) is 5.32 Å². The second-order valence-electron chi connectivity index (χ2n) is 6.43. The van der Waals surface area contributed by atoms with E-state index in [2.05, 4.69) is 26.1 Å². The van der Waals surface area contributed by atoms with Gasteiger partial charge in [-0.05, 0) is 50.0 Å². The highest BCUT2D eigenvalue weighted by atomic mass is 16.5. The molecule has 19 heavy (non-hydrogen) atoms. The lowest BCUT2D eigenvalue weighted by Crippen LogP contribution is -2.43. The smallest absolute Gasteiger partial charge is 0.0465 e. The summed E-state index contributed by atoms with van der Waals surface area (Å²) in [5, 5.41) is 3.83. The van der Waals surface area contributed by atoms with Crippen molar-refractivity contribution in [3.63, 3.8) is 0 Å². The van der Waals surface area contributed by atoms with E-state index >= 15 is 0 Å². The van der Waals surface area contributed by atoms with E-state index in [1.165, 1.54) is 44.9 Å². The van der Waals surface area contributed by atoms with Gasteiger partial charge >= 0.3 is 0 Å². The fourth-order valence-corrected chi connectivity index (χ4v) is 3.58. The molecule has 0 aromatic carbocycles. The maximum absolute atomic E-state index is 5.26. The fraction of sp³-hybridized carbons (Fsp3) is 1.00. The van der Waals surface area contributed by atoms with Crippen molar-refractivity contribution >= 4 is 0 Å². The molecule has 114 valence electrons. The lowest BCUT2D eigenvalue weighted by Gasteiger charge is -2.37. The van der Waals surface area contributed by atoms with Crippen molar-refractivity contribution in [3.05, 3.63) is 0 Å². The summed E-state index contributed by atoms with van der Waals surface area (Å²) < 4.78 is 5.26. The van der Waals surface area contributed by atoms with E-state index < -0.39 is 0 Å². The average molecular weight is 269 g/mol. The Labute approximate surface area is 120 Å². The highest BCUT2D eigenvalue weighted by Crippen LogP contribution is 2.35. The Morgan fingerprint density at radius 3 is 2.37 bits per heavy atom. The SMILES string of the molecule is CCCNC(C(C)CCOC)C1CCC(CC)CC1. The largest absolute Gasteiger partial charge is 0.385 e. The molecule has 1 saturated carbocycles. The highest BCUT2D eigenvalue weighted by molar-refractivity contribution is 4.85. The summed E-state index contributed by atoms with van der Waals surface area (Å²) in [4.78, 5) is 0. The molecule has 0 spiro atoms. The molecule has 1 rings (SSSR count). The van der Waals surface area contributed by atoms with Crippen molar-refractivity contribution in [3.8, 4) is 0 Å². The number of methoxy groups -OCH3 is 1. The van der Waals surface area contributed by atoms with Crippen molar-refractivity contribution in [1.29, 1.82) is 0 Å². The summed E-state index contributed by atoms with van der Waals surface area (Å²) in [6.07, 6.45) is 9.54. The number of nitrogens with one attached hydrogen (secondary N) is 1. The van der Waals surface area contributed by atoms with Gasteiger partial charge in [-0.3, -0.25) is 0 Å². The van der Waals surface area contributed by atoms with Gasteiger partial charge in [0, 0.05) is 19.8 Å². The van der Waals surface area contributed by atoms with Crippen LogP contribution in [-0.2, 0) is 4.74 Å². The van der Waals surface area contributed by atoms with Crippen LogP contribution < -0.4 is 5.32 Å². The van der Waals surface area contributed by atoms with Crippen molar-refractivity contribution in [2.24, 2.45) is 17.8 Å². The maximum Gasteiger partial charge on any atom is 0.0465 e. The summed E-state index contributed by atoms with van der Waals surface area (Å²) >= 11 is 0.